The van der Waals surface area contributed by atoms with Crippen LogP contribution >= 0.6 is 12.2 Å². The third kappa shape index (κ3) is 6.94. The van der Waals surface area contributed by atoms with Crippen LogP contribution in [0.5, 0.6) is 11.5 Å². The van der Waals surface area contributed by atoms with Gasteiger partial charge in [-0.3, -0.25) is 0 Å². The fourth-order valence-electron chi connectivity index (χ4n) is 2.70. The Morgan fingerprint density at radius 3 is 2.26 bits per heavy atom. The van der Waals surface area contributed by atoms with Gasteiger partial charge in [0.25, 0.3) is 0 Å². The quantitative estimate of drug-likeness (QED) is 0.452. The maximum Gasteiger partial charge on any atom is 0.171 e. The van der Waals surface area contributed by atoms with E-state index in [1.807, 2.05) is 36.4 Å². The van der Waals surface area contributed by atoms with Crippen LogP contribution in [0.3, 0.4) is 0 Å². The van der Waals surface area contributed by atoms with Crippen LogP contribution in [0.1, 0.15) is 31.9 Å². The second-order valence-electron chi connectivity index (χ2n) is 6.68. The lowest BCUT2D eigenvalue weighted by atomic mass is 9.97. The zero-order valence-corrected chi connectivity index (χ0v) is 17.0. The minimum absolute atomic E-state index is 0.131. The van der Waals surface area contributed by atoms with Gasteiger partial charge >= 0.3 is 0 Å². The summed E-state index contributed by atoms with van der Waals surface area (Å²) in [5, 5.41) is 7.27. The van der Waals surface area contributed by atoms with E-state index in [2.05, 4.69) is 43.2 Å². The fraction of sp³-hybridized carbons (Fsp3) is 0.318. The topological polar surface area (TPSA) is 42.5 Å². The summed E-state index contributed by atoms with van der Waals surface area (Å²) in [5.41, 5.74) is 2.10. The van der Waals surface area contributed by atoms with E-state index in [-0.39, 0.29) is 6.04 Å². The van der Waals surface area contributed by atoms with Crippen molar-refractivity contribution in [1.29, 1.82) is 0 Å². The zero-order valence-electron chi connectivity index (χ0n) is 16.2. The molecule has 0 fully saturated rings. The number of hydrogen-bond donors (Lipinski definition) is 2. The van der Waals surface area contributed by atoms with E-state index in [1.165, 1.54) is 5.56 Å². The summed E-state index contributed by atoms with van der Waals surface area (Å²) < 4.78 is 10.7. The highest BCUT2D eigenvalue weighted by Crippen LogP contribution is 2.24. The van der Waals surface area contributed by atoms with Crippen LogP contribution in [0.15, 0.2) is 61.2 Å². The van der Waals surface area contributed by atoms with Crippen molar-refractivity contribution in [3.8, 4) is 11.5 Å². The summed E-state index contributed by atoms with van der Waals surface area (Å²) >= 11 is 5.53. The van der Waals surface area contributed by atoms with Crippen LogP contribution in [-0.2, 0) is 0 Å². The highest BCUT2D eigenvalue weighted by atomic mass is 32.1. The van der Waals surface area contributed by atoms with Crippen molar-refractivity contribution in [1.82, 2.24) is 5.32 Å². The minimum atomic E-state index is 0.131. The smallest absolute Gasteiger partial charge is 0.171 e. The van der Waals surface area contributed by atoms with Crippen LogP contribution < -0.4 is 20.1 Å². The summed E-state index contributed by atoms with van der Waals surface area (Å²) in [7, 11) is 1.67. The molecule has 0 aliphatic rings. The average Bonchev–Trinajstić information content (AvgIpc) is 2.66. The molecule has 2 N–H and O–H groups in total. The number of hydrogen-bond acceptors (Lipinski definition) is 3. The van der Waals surface area contributed by atoms with Gasteiger partial charge in [0.15, 0.2) is 5.11 Å². The predicted octanol–water partition coefficient (Wildman–Crippen LogP) is 5.33. The molecule has 27 heavy (non-hydrogen) atoms. The van der Waals surface area contributed by atoms with Crippen LogP contribution in [0.25, 0.3) is 0 Å². The SMILES string of the molecule is C=CCOc1ccc(NC(=S)NC(CC(C)C)c2ccc(OC)cc2)cc1. The molecule has 2 rings (SSSR count). The first-order chi connectivity index (χ1) is 13.0. The third-order valence-corrected chi connectivity index (χ3v) is 4.23. The summed E-state index contributed by atoms with van der Waals surface area (Å²) in [5.74, 6) is 2.19. The number of methoxy groups -OCH3 is 1. The van der Waals surface area contributed by atoms with Gasteiger partial charge in [0, 0.05) is 5.69 Å². The molecule has 0 spiro atoms. The van der Waals surface area contributed by atoms with Gasteiger partial charge < -0.3 is 20.1 Å². The molecule has 0 heterocycles. The Kier molecular flexibility index (Phi) is 8.14. The first-order valence-electron chi connectivity index (χ1n) is 9.07. The monoisotopic (exact) mass is 384 g/mol. The Morgan fingerprint density at radius 1 is 1.07 bits per heavy atom. The summed E-state index contributed by atoms with van der Waals surface area (Å²) in [4.78, 5) is 0. The predicted molar refractivity (Wildman–Crippen MR) is 117 cm³/mol. The summed E-state index contributed by atoms with van der Waals surface area (Å²) in [6, 6.07) is 15.9. The van der Waals surface area contributed by atoms with Gasteiger partial charge in [-0.2, -0.15) is 0 Å². The van der Waals surface area contributed by atoms with E-state index in [0.717, 1.165) is 23.6 Å². The van der Waals surface area contributed by atoms with Gasteiger partial charge in [0.2, 0.25) is 0 Å². The normalized spacial score (nSPS) is 11.6. The van der Waals surface area contributed by atoms with E-state index in [4.69, 9.17) is 21.7 Å². The van der Waals surface area contributed by atoms with Gasteiger partial charge in [-0.25, -0.2) is 0 Å². The first-order valence-corrected chi connectivity index (χ1v) is 9.48. The zero-order chi connectivity index (χ0) is 19.6. The molecule has 0 radical (unpaired) electrons. The largest absolute Gasteiger partial charge is 0.497 e. The Morgan fingerprint density at radius 2 is 1.70 bits per heavy atom. The van der Waals surface area contributed by atoms with Crippen LogP contribution in [0.2, 0.25) is 0 Å². The Balaban J connectivity index is 2.00. The van der Waals surface area contributed by atoms with Crippen LogP contribution in [-0.4, -0.2) is 18.8 Å². The number of nitrogens with one attached hydrogen (secondary N) is 2. The molecule has 0 aromatic heterocycles. The number of thiocarbonyl (C=S) groups is 1. The molecule has 2 aromatic rings. The lowest BCUT2D eigenvalue weighted by Gasteiger charge is -2.23. The third-order valence-electron chi connectivity index (χ3n) is 4.01. The number of anilines is 1. The average molecular weight is 385 g/mol. The van der Waals surface area contributed by atoms with Crippen molar-refractivity contribution in [2.75, 3.05) is 19.0 Å². The second kappa shape index (κ2) is 10.6. The van der Waals surface area contributed by atoms with Crippen molar-refractivity contribution < 1.29 is 9.47 Å². The molecular weight excluding hydrogens is 356 g/mol. The maximum atomic E-state index is 5.53. The van der Waals surface area contributed by atoms with E-state index in [0.29, 0.717) is 17.6 Å². The Bertz CT molecular complexity index is 727. The second-order valence-corrected chi connectivity index (χ2v) is 7.09. The van der Waals surface area contributed by atoms with Gasteiger partial charge in [0.05, 0.1) is 13.2 Å². The van der Waals surface area contributed by atoms with E-state index in [1.54, 1.807) is 13.2 Å². The van der Waals surface area contributed by atoms with Gasteiger partial charge in [-0.15, -0.1) is 0 Å². The molecule has 144 valence electrons. The fourth-order valence-corrected chi connectivity index (χ4v) is 2.96. The van der Waals surface area contributed by atoms with Crippen molar-refractivity contribution in [3.05, 3.63) is 66.7 Å². The van der Waals surface area contributed by atoms with Crippen LogP contribution in [0.4, 0.5) is 5.69 Å². The Hall–Kier alpha value is -2.53. The number of ether oxygens (including phenoxy) is 2. The standard InChI is InChI=1S/C22H28N2O2S/c1-5-14-26-20-12-8-18(9-13-20)23-22(27)24-21(15-16(2)3)17-6-10-19(25-4)11-7-17/h5-13,16,21H,1,14-15H2,2-4H3,(H2,23,24,27). The number of benzene rings is 2. The molecule has 1 atom stereocenters. The molecule has 0 amide bonds. The highest BCUT2D eigenvalue weighted by Gasteiger charge is 2.15. The Labute approximate surface area is 167 Å². The molecule has 0 aliphatic carbocycles. The molecule has 0 saturated heterocycles. The van der Waals surface area contributed by atoms with Gasteiger partial charge in [0.1, 0.15) is 18.1 Å². The molecule has 0 bridgehead atoms. The van der Waals surface area contributed by atoms with Crippen molar-refractivity contribution in [3.63, 3.8) is 0 Å². The van der Waals surface area contributed by atoms with Gasteiger partial charge in [-0.1, -0.05) is 38.6 Å². The van der Waals surface area contributed by atoms with E-state index < -0.39 is 0 Å². The van der Waals surface area contributed by atoms with Crippen molar-refractivity contribution in [2.45, 2.75) is 26.3 Å². The first kappa shape index (κ1) is 20.8. The molecule has 0 saturated carbocycles. The summed E-state index contributed by atoms with van der Waals surface area (Å²) in [6.45, 7) is 8.55. The molecule has 4 nitrogen and oxygen atoms in total. The molecular formula is C22H28N2O2S. The summed E-state index contributed by atoms with van der Waals surface area (Å²) in [6.07, 6.45) is 2.70. The van der Waals surface area contributed by atoms with E-state index >= 15 is 0 Å². The molecule has 0 aliphatic heterocycles. The van der Waals surface area contributed by atoms with Crippen molar-refractivity contribution >= 4 is 23.0 Å². The van der Waals surface area contributed by atoms with Crippen LogP contribution in [0, 0.1) is 5.92 Å². The number of rotatable bonds is 9. The van der Waals surface area contributed by atoms with E-state index in [9.17, 15) is 0 Å². The van der Waals surface area contributed by atoms with Crippen molar-refractivity contribution in [2.24, 2.45) is 5.92 Å². The highest BCUT2D eigenvalue weighted by molar-refractivity contribution is 7.80. The molecule has 5 heteroatoms. The van der Waals surface area contributed by atoms with Gasteiger partial charge in [-0.05, 0) is 66.5 Å². The lowest BCUT2D eigenvalue weighted by molar-refractivity contribution is 0.363. The molecule has 2 aromatic carbocycles. The molecule has 1 unspecified atom stereocenters. The maximum absolute atomic E-state index is 5.53. The lowest BCUT2D eigenvalue weighted by Crippen LogP contribution is -2.33. The minimum Gasteiger partial charge on any atom is -0.497 e.